The molecule has 0 radical (unpaired) electrons. The molecule has 3 N–H and O–H groups in total. The Labute approximate surface area is 232 Å². The van der Waals surface area contributed by atoms with Crippen LogP contribution in [0.15, 0.2) is 54.3 Å². The number of aliphatic carboxylic acids is 1. The lowest BCUT2D eigenvalue weighted by atomic mass is 9.88. The minimum Gasteiger partial charge on any atom is -0.495 e. The van der Waals surface area contributed by atoms with Crippen molar-refractivity contribution in [2.45, 2.75) is 45.1 Å². The van der Waals surface area contributed by atoms with Crippen LogP contribution in [0, 0.1) is 30.5 Å². The van der Waals surface area contributed by atoms with Gasteiger partial charge in [0.25, 0.3) is 0 Å². The third-order valence-electron chi connectivity index (χ3n) is 7.62. The summed E-state index contributed by atoms with van der Waals surface area (Å²) in [5.41, 5.74) is 7.16. The number of hydrogen-bond acceptors (Lipinski definition) is 6. The highest BCUT2D eigenvalue weighted by Gasteiger charge is 2.32. The molecule has 0 saturated heterocycles. The van der Waals surface area contributed by atoms with Crippen LogP contribution in [0.1, 0.15) is 58.2 Å². The first-order valence-electron chi connectivity index (χ1n) is 13.1. The average Bonchev–Trinajstić information content (AvgIpc) is 3.52. The fourth-order valence-electron chi connectivity index (χ4n) is 5.83. The first-order chi connectivity index (χ1) is 19.2. The highest BCUT2D eigenvalue weighted by atomic mass is 19.1. The second-order valence-corrected chi connectivity index (χ2v) is 10.2. The van der Waals surface area contributed by atoms with Gasteiger partial charge in [0.1, 0.15) is 29.2 Å². The van der Waals surface area contributed by atoms with Crippen LogP contribution in [0.4, 0.5) is 4.39 Å². The van der Waals surface area contributed by atoms with E-state index < -0.39 is 12.1 Å². The van der Waals surface area contributed by atoms with Gasteiger partial charge in [0.2, 0.25) is 0 Å². The van der Waals surface area contributed by atoms with Crippen LogP contribution in [-0.4, -0.2) is 36.7 Å². The van der Waals surface area contributed by atoms with Gasteiger partial charge in [0.15, 0.2) is 0 Å². The van der Waals surface area contributed by atoms with E-state index in [4.69, 9.17) is 30.1 Å². The van der Waals surface area contributed by atoms with Gasteiger partial charge in [-0.15, -0.1) is 0 Å². The lowest BCUT2D eigenvalue weighted by Gasteiger charge is -2.19. The van der Waals surface area contributed by atoms with Gasteiger partial charge >= 0.3 is 5.97 Å². The zero-order valence-corrected chi connectivity index (χ0v) is 22.6. The van der Waals surface area contributed by atoms with Gasteiger partial charge in [-0.2, -0.15) is 0 Å². The first-order valence-corrected chi connectivity index (χ1v) is 13.1. The predicted molar refractivity (Wildman–Crippen MR) is 151 cm³/mol. The molecule has 0 unspecified atom stereocenters. The van der Waals surface area contributed by atoms with E-state index in [-0.39, 0.29) is 23.9 Å². The number of rotatable bonds is 9. The van der Waals surface area contributed by atoms with Crippen LogP contribution < -0.4 is 9.47 Å². The van der Waals surface area contributed by atoms with Crippen LogP contribution in [0.5, 0.6) is 11.5 Å². The molecular weight excluding hydrogens is 511 g/mol. The van der Waals surface area contributed by atoms with Crippen LogP contribution in [0.25, 0.3) is 11.1 Å². The van der Waals surface area contributed by atoms with Crippen molar-refractivity contribution in [2.75, 3.05) is 13.7 Å². The van der Waals surface area contributed by atoms with Gasteiger partial charge in [-0.1, -0.05) is 12.1 Å². The van der Waals surface area contributed by atoms with Crippen LogP contribution in [0.3, 0.4) is 0 Å². The summed E-state index contributed by atoms with van der Waals surface area (Å²) in [5.74, 6) is 0.0972. The van der Waals surface area contributed by atoms with Crippen molar-refractivity contribution in [1.29, 1.82) is 10.8 Å². The van der Waals surface area contributed by atoms with E-state index in [1.54, 1.807) is 12.1 Å². The van der Waals surface area contributed by atoms with Crippen molar-refractivity contribution >= 4 is 17.9 Å². The number of aryl methyl sites for hydroxylation is 2. The molecule has 0 spiro atoms. The zero-order chi connectivity index (χ0) is 28.6. The highest BCUT2D eigenvalue weighted by Crippen LogP contribution is 2.45. The Hall–Kier alpha value is -4.46. The van der Waals surface area contributed by atoms with E-state index >= 15 is 4.39 Å². The van der Waals surface area contributed by atoms with Crippen molar-refractivity contribution in [3.63, 3.8) is 0 Å². The van der Waals surface area contributed by atoms with Gasteiger partial charge in [-0.05, 0) is 78.8 Å². The lowest BCUT2D eigenvalue weighted by Crippen LogP contribution is -2.07. The third kappa shape index (κ3) is 5.09. The average molecular weight is 543 g/mol. The van der Waals surface area contributed by atoms with E-state index in [0.717, 1.165) is 39.6 Å². The number of allylic oxidation sites excluding steroid dienone is 2. The zero-order valence-electron chi connectivity index (χ0n) is 22.6. The molecule has 8 heteroatoms. The maximum Gasteiger partial charge on any atom is 0.304 e. The SMILES string of the molecule is CO/C(C=N)=C/C(=N)c1cc(C)c(-c2ccc(F)c3c2CC[C@H]3Oc2ccc3c(c2)OC[C@H]3CC(=O)O)c(C)c1. The topological polar surface area (TPSA) is 113 Å². The molecule has 5 rings (SSSR count). The quantitative estimate of drug-likeness (QED) is 0.206. The largest absolute Gasteiger partial charge is 0.495 e. The van der Waals surface area contributed by atoms with Gasteiger partial charge < -0.3 is 30.1 Å². The Kier molecular flexibility index (Phi) is 7.43. The van der Waals surface area contributed by atoms with Gasteiger partial charge in [-0.25, -0.2) is 4.39 Å². The second kappa shape index (κ2) is 11.0. The van der Waals surface area contributed by atoms with E-state index in [1.807, 2.05) is 38.1 Å². The molecule has 3 aromatic rings. The summed E-state index contributed by atoms with van der Waals surface area (Å²) in [4.78, 5) is 11.2. The number of ether oxygens (including phenoxy) is 3. The standard InChI is InChI=1S/C32H31FN2O5/c1-17-10-19(27(35)13-22(15-34)38-3)11-18(2)31(17)24-6-8-26(33)32-25(24)7-9-28(32)40-21-4-5-23-20(12-30(36)37)16-39-29(23)14-21/h4-6,8,10-11,13-15,20,28,34-35H,7,9,12,16H2,1-3H3,(H,36,37)/b22-13+,34-15?,35-27?/t20-,28-/m1/s1. The molecular formula is C32H31FN2O5. The number of halogens is 1. The third-order valence-corrected chi connectivity index (χ3v) is 7.62. The molecule has 0 saturated carbocycles. The Bertz CT molecular complexity index is 1540. The van der Waals surface area contributed by atoms with Crippen LogP contribution in [-0.2, 0) is 16.0 Å². The van der Waals surface area contributed by atoms with Gasteiger partial charge in [0, 0.05) is 34.8 Å². The minimum absolute atomic E-state index is 0.00676. The number of carbonyl (C=O) groups is 1. The number of methoxy groups -OCH3 is 1. The summed E-state index contributed by atoms with van der Waals surface area (Å²) in [7, 11) is 1.46. The summed E-state index contributed by atoms with van der Waals surface area (Å²) in [6, 6.07) is 12.6. The minimum atomic E-state index is -0.867. The molecule has 2 aliphatic rings. The molecule has 1 aliphatic heterocycles. The van der Waals surface area contributed by atoms with Crippen LogP contribution >= 0.6 is 0 Å². The maximum absolute atomic E-state index is 15.3. The molecule has 3 aromatic carbocycles. The molecule has 0 fully saturated rings. The molecule has 1 aliphatic carbocycles. The second-order valence-electron chi connectivity index (χ2n) is 10.2. The van der Waals surface area contributed by atoms with Crippen LogP contribution in [0.2, 0.25) is 0 Å². The van der Waals surface area contributed by atoms with E-state index in [9.17, 15) is 4.79 Å². The fraction of sp³-hybridized carbons (Fsp3) is 0.281. The van der Waals surface area contributed by atoms with Crippen molar-refractivity contribution < 1.29 is 28.5 Å². The molecule has 0 amide bonds. The van der Waals surface area contributed by atoms with Crippen molar-refractivity contribution in [2.24, 2.45) is 0 Å². The number of fused-ring (bicyclic) bond motifs is 2. The van der Waals surface area contributed by atoms with Gasteiger partial charge in [0.05, 0.1) is 32.1 Å². The molecule has 206 valence electrons. The molecule has 40 heavy (non-hydrogen) atoms. The Morgan fingerprint density at radius 3 is 2.60 bits per heavy atom. The molecule has 1 heterocycles. The number of carboxylic acid groups (broad SMARTS) is 1. The lowest BCUT2D eigenvalue weighted by molar-refractivity contribution is -0.137. The number of benzene rings is 3. The summed E-state index contributed by atoms with van der Waals surface area (Å²) >= 11 is 0. The monoisotopic (exact) mass is 542 g/mol. The Morgan fingerprint density at radius 1 is 1.18 bits per heavy atom. The summed E-state index contributed by atoms with van der Waals surface area (Å²) in [5, 5.41) is 25.0. The molecule has 0 aromatic heterocycles. The number of carboxylic acids is 1. The highest BCUT2D eigenvalue weighted by molar-refractivity contribution is 6.09. The summed E-state index contributed by atoms with van der Waals surface area (Å²) in [6.45, 7) is 4.29. The summed E-state index contributed by atoms with van der Waals surface area (Å²) in [6.07, 6.45) is 3.40. The van der Waals surface area contributed by atoms with E-state index in [1.165, 1.54) is 19.3 Å². The van der Waals surface area contributed by atoms with E-state index in [0.29, 0.717) is 47.8 Å². The molecule has 0 bridgehead atoms. The molecule has 7 nitrogen and oxygen atoms in total. The van der Waals surface area contributed by atoms with Crippen molar-refractivity contribution in [3.05, 3.63) is 93.5 Å². The number of hydrogen-bond donors (Lipinski definition) is 3. The Morgan fingerprint density at radius 2 is 1.93 bits per heavy atom. The fourth-order valence-corrected chi connectivity index (χ4v) is 5.83. The smallest absolute Gasteiger partial charge is 0.304 e. The van der Waals surface area contributed by atoms with Crippen molar-refractivity contribution in [1.82, 2.24) is 0 Å². The van der Waals surface area contributed by atoms with Gasteiger partial charge in [-0.3, -0.25) is 4.79 Å². The van der Waals surface area contributed by atoms with E-state index in [2.05, 4.69) is 0 Å². The maximum atomic E-state index is 15.3. The predicted octanol–water partition coefficient (Wildman–Crippen LogP) is 6.67. The van der Waals surface area contributed by atoms with Crippen molar-refractivity contribution in [3.8, 4) is 22.6 Å². The summed E-state index contributed by atoms with van der Waals surface area (Å²) < 4.78 is 32.4. The first kappa shape index (κ1) is 27.1. The number of nitrogens with one attached hydrogen (secondary N) is 2. The molecule has 2 atom stereocenters. The Balaban J connectivity index is 1.44. The normalized spacial score (nSPS) is 17.6.